The molecule has 0 saturated heterocycles. The second-order valence-electron chi connectivity index (χ2n) is 6.83. The van der Waals surface area contributed by atoms with Gasteiger partial charge in [-0.3, -0.25) is 9.36 Å². The van der Waals surface area contributed by atoms with Crippen LogP contribution in [0, 0.1) is 13.8 Å². The number of aromatic hydroxyl groups is 1. The minimum atomic E-state index is -0.110. The highest BCUT2D eigenvalue weighted by atomic mass is 16.5. The van der Waals surface area contributed by atoms with E-state index in [-0.39, 0.29) is 11.3 Å². The Morgan fingerprint density at radius 2 is 1.97 bits per heavy atom. The number of hydrazone groups is 1. The molecule has 0 amide bonds. The van der Waals surface area contributed by atoms with Crippen LogP contribution in [0.3, 0.4) is 0 Å². The summed E-state index contributed by atoms with van der Waals surface area (Å²) < 4.78 is 6.98. The van der Waals surface area contributed by atoms with Gasteiger partial charge in [-0.15, -0.1) is 0 Å². The third-order valence-electron chi connectivity index (χ3n) is 4.63. The lowest BCUT2D eigenvalue weighted by Crippen LogP contribution is -2.25. The van der Waals surface area contributed by atoms with Crippen molar-refractivity contribution >= 4 is 23.1 Å². The predicted molar refractivity (Wildman–Crippen MR) is 116 cm³/mol. The number of para-hydroxylation sites is 1. The molecule has 1 heterocycles. The van der Waals surface area contributed by atoms with Gasteiger partial charge in [0.1, 0.15) is 5.75 Å². The van der Waals surface area contributed by atoms with Crippen LogP contribution in [0.2, 0.25) is 0 Å². The molecule has 0 fully saturated rings. The van der Waals surface area contributed by atoms with Gasteiger partial charge in [-0.2, -0.15) is 5.10 Å². The highest BCUT2D eigenvalue weighted by molar-refractivity contribution is 5.82. The molecule has 0 unspecified atom stereocenters. The van der Waals surface area contributed by atoms with E-state index in [4.69, 9.17) is 4.74 Å². The van der Waals surface area contributed by atoms with Crippen molar-refractivity contribution < 1.29 is 9.84 Å². The molecular formula is C22H26N4O3. The van der Waals surface area contributed by atoms with E-state index in [0.717, 1.165) is 16.7 Å². The maximum Gasteiger partial charge on any atom is 0.262 e. The Bertz CT molecular complexity index is 1070. The second-order valence-corrected chi connectivity index (χ2v) is 6.83. The summed E-state index contributed by atoms with van der Waals surface area (Å²) in [6.07, 6.45) is 2.34. The van der Waals surface area contributed by atoms with Crippen LogP contribution in [0.15, 0.2) is 46.3 Å². The van der Waals surface area contributed by atoms with E-state index in [1.165, 1.54) is 0 Å². The van der Waals surface area contributed by atoms with Gasteiger partial charge in [-0.05, 0) is 68.1 Å². The Kier molecular flexibility index (Phi) is 6.61. The number of aryl methyl sites for hydroxylation is 2. The maximum atomic E-state index is 12.9. The van der Waals surface area contributed by atoms with E-state index in [1.807, 2.05) is 51.1 Å². The van der Waals surface area contributed by atoms with Gasteiger partial charge >= 0.3 is 0 Å². The summed E-state index contributed by atoms with van der Waals surface area (Å²) in [5.74, 6) is 0.670. The molecular weight excluding hydrogens is 368 g/mol. The molecule has 29 heavy (non-hydrogen) atoms. The number of phenols is 1. The quantitative estimate of drug-likeness (QED) is 0.346. The van der Waals surface area contributed by atoms with Crippen LogP contribution < -0.4 is 11.0 Å². The fourth-order valence-electron chi connectivity index (χ4n) is 3.16. The van der Waals surface area contributed by atoms with Crippen molar-refractivity contribution in [3.05, 3.63) is 63.4 Å². The number of ether oxygens (including phenoxy) is 1. The van der Waals surface area contributed by atoms with Crippen LogP contribution in [-0.4, -0.2) is 34.1 Å². The first-order valence-electron chi connectivity index (χ1n) is 9.68. The van der Waals surface area contributed by atoms with Gasteiger partial charge in [0.2, 0.25) is 5.95 Å². The summed E-state index contributed by atoms with van der Waals surface area (Å²) >= 11 is 0. The summed E-state index contributed by atoms with van der Waals surface area (Å²) in [5, 5.41) is 14.7. The molecule has 3 aromatic rings. The van der Waals surface area contributed by atoms with Crippen molar-refractivity contribution in [2.75, 3.05) is 18.6 Å². The minimum Gasteiger partial charge on any atom is -0.507 e. The average molecular weight is 394 g/mol. The van der Waals surface area contributed by atoms with Gasteiger partial charge in [0.05, 0.1) is 17.1 Å². The maximum absolute atomic E-state index is 12.9. The first kappa shape index (κ1) is 20.5. The van der Waals surface area contributed by atoms with Gasteiger partial charge in [-0.1, -0.05) is 12.1 Å². The molecule has 0 atom stereocenters. The number of hydrogen-bond acceptors (Lipinski definition) is 6. The van der Waals surface area contributed by atoms with E-state index < -0.39 is 0 Å². The molecule has 0 aliphatic carbocycles. The Balaban J connectivity index is 1.89. The van der Waals surface area contributed by atoms with E-state index in [9.17, 15) is 9.90 Å². The Morgan fingerprint density at radius 3 is 2.69 bits per heavy atom. The first-order valence-corrected chi connectivity index (χ1v) is 9.68. The topological polar surface area (TPSA) is 88.7 Å². The van der Waals surface area contributed by atoms with Crippen LogP contribution in [0.25, 0.3) is 10.9 Å². The van der Waals surface area contributed by atoms with Crippen molar-refractivity contribution in [3.63, 3.8) is 0 Å². The summed E-state index contributed by atoms with van der Waals surface area (Å²) in [6, 6.07) is 11.0. The zero-order valence-electron chi connectivity index (χ0n) is 17.0. The number of anilines is 1. The Hall–Kier alpha value is -3.19. The molecule has 0 aliphatic rings. The standard InChI is InChI=1S/C22H26N4O3/c1-4-29-11-7-10-26-21(28)18-8-5-6-9-19(18)24-22(26)25-23-14-17-12-15(2)20(27)16(3)13-17/h5-6,8-9,12-14,27H,4,7,10-11H2,1-3H3,(H,24,25)/b23-14+. The molecule has 0 bridgehead atoms. The van der Waals surface area contributed by atoms with E-state index in [0.29, 0.717) is 43.0 Å². The molecule has 7 heteroatoms. The highest BCUT2D eigenvalue weighted by Gasteiger charge is 2.10. The Morgan fingerprint density at radius 1 is 1.24 bits per heavy atom. The number of aromatic nitrogens is 2. The third-order valence-corrected chi connectivity index (χ3v) is 4.63. The fourth-order valence-corrected chi connectivity index (χ4v) is 3.16. The van der Waals surface area contributed by atoms with Gasteiger partial charge in [0.15, 0.2) is 0 Å². The SMILES string of the molecule is CCOCCCn1c(N/N=C/c2cc(C)c(O)c(C)c2)nc2ccccc2c1=O. The molecule has 0 aliphatic heterocycles. The van der Waals surface area contributed by atoms with Gasteiger partial charge in [-0.25, -0.2) is 10.4 Å². The average Bonchev–Trinajstić information content (AvgIpc) is 2.71. The monoisotopic (exact) mass is 394 g/mol. The summed E-state index contributed by atoms with van der Waals surface area (Å²) in [4.78, 5) is 17.5. The van der Waals surface area contributed by atoms with Crippen molar-refractivity contribution in [1.82, 2.24) is 9.55 Å². The number of benzene rings is 2. The fraction of sp³-hybridized carbons (Fsp3) is 0.318. The van der Waals surface area contributed by atoms with E-state index in [2.05, 4.69) is 15.5 Å². The van der Waals surface area contributed by atoms with Crippen molar-refractivity contribution in [2.24, 2.45) is 5.10 Å². The largest absolute Gasteiger partial charge is 0.507 e. The second kappa shape index (κ2) is 9.34. The molecule has 2 aromatic carbocycles. The lowest BCUT2D eigenvalue weighted by molar-refractivity contribution is 0.141. The lowest BCUT2D eigenvalue weighted by atomic mass is 10.1. The molecule has 1 aromatic heterocycles. The smallest absolute Gasteiger partial charge is 0.262 e. The van der Waals surface area contributed by atoms with E-state index in [1.54, 1.807) is 16.8 Å². The molecule has 0 saturated carbocycles. The van der Waals surface area contributed by atoms with Crippen LogP contribution in [0.4, 0.5) is 5.95 Å². The van der Waals surface area contributed by atoms with E-state index >= 15 is 0 Å². The number of phenolic OH excluding ortho intramolecular Hbond substituents is 1. The third kappa shape index (κ3) is 4.81. The predicted octanol–water partition coefficient (Wildman–Crippen LogP) is 3.59. The van der Waals surface area contributed by atoms with Crippen LogP contribution in [0.5, 0.6) is 5.75 Å². The van der Waals surface area contributed by atoms with Crippen LogP contribution in [-0.2, 0) is 11.3 Å². The molecule has 2 N–H and O–H groups in total. The van der Waals surface area contributed by atoms with Crippen LogP contribution >= 0.6 is 0 Å². The normalized spacial score (nSPS) is 11.4. The number of nitrogens with one attached hydrogen (secondary N) is 1. The zero-order valence-corrected chi connectivity index (χ0v) is 17.0. The molecule has 3 rings (SSSR count). The molecule has 0 radical (unpaired) electrons. The molecule has 0 spiro atoms. The van der Waals surface area contributed by atoms with Crippen molar-refractivity contribution in [2.45, 2.75) is 33.7 Å². The van der Waals surface area contributed by atoms with Crippen molar-refractivity contribution in [3.8, 4) is 5.75 Å². The van der Waals surface area contributed by atoms with Crippen LogP contribution in [0.1, 0.15) is 30.0 Å². The summed E-state index contributed by atoms with van der Waals surface area (Å²) in [5.41, 5.74) is 5.82. The number of hydrogen-bond donors (Lipinski definition) is 2. The lowest BCUT2D eigenvalue weighted by Gasteiger charge is -2.12. The first-order chi connectivity index (χ1) is 14.0. The zero-order chi connectivity index (χ0) is 20.8. The van der Waals surface area contributed by atoms with Crippen molar-refractivity contribution in [1.29, 1.82) is 0 Å². The molecule has 152 valence electrons. The molecule has 7 nitrogen and oxygen atoms in total. The minimum absolute atomic E-state index is 0.110. The Labute approximate surface area is 169 Å². The summed E-state index contributed by atoms with van der Waals surface area (Å²) in [6.45, 7) is 7.32. The van der Waals surface area contributed by atoms with Gasteiger partial charge in [0, 0.05) is 19.8 Å². The van der Waals surface area contributed by atoms with Gasteiger partial charge < -0.3 is 9.84 Å². The van der Waals surface area contributed by atoms with Gasteiger partial charge in [0.25, 0.3) is 5.56 Å². The summed E-state index contributed by atoms with van der Waals surface area (Å²) in [7, 11) is 0. The number of fused-ring (bicyclic) bond motifs is 1. The number of rotatable bonds is 8. The number of nitrogens with zero attached hydrogens (tertiary/aromatic N) is 3. The highest BCUT2D eigenvalue weighted by Crippen LogP contribution is 2.22.